The molecule has 0 amide bonds. The normalized spacial score (nSPS) is 9.89. The van der Waals surface area contributed by atoms with Gasteiger partial charge in [-0.25, -0.2) is 0 Å². The molecule has 0 aromatic carbocycles. The van der Waals surface area contributed by atoms with E-state index < -0.39 is 0 Å². The van der Waals surface area contributed by atoms with Crippen molar-refractivity contribution in [2.75, 3.05) is 6.54 Å². The average molecular weight is 196 g/mol. The smallest absolute Gasteiger partial charge is 0 e. The minimum Gasteiger partial charge on any atom is -0.361 e. The Kier molecular flexibility index (Phi) is 14.9. The van der Waals surface area contributed by atoms with Gasteiger partial charge in [-0.05, 0) is 6.54 Å². The van der Waals surface area contributed by atoms with Crippen molar-refractivity contribution in [2.24, 2.45) is 5.73 Å². The Morgan fingerprint density at radius 3 is 2.67 bits per heavy atom. The van der Waals surface area contributed by atoms with Crippen LogP contribution < -0.4 is 5.73 Å². The molecule has 0 aliphatic rings. The van der Waals surface area contributed by atoms with Gasteiger partial charge in [-0.1, -0.05) is 0 Å². The Morgan fingerprint density at radius 2 is 2.22 bits per heavy atom. The van der Waals surface area contributed by atoms with Gasteiger partial charge in [0.15, 0.2) is 0 Å². The molecule has 0 aliphatic carbocycles. The fourth-order valence-corrected chi connectivity index (χ4v) is 0.247. The van der Waals surface area contributed by atoms with Gasteiger partial charge >= 0.3 is 0 Å². The number of allylic oxidation sites excluding steroid dienone is 4. The van der Waals surface area contributed by atoms with Crippen LogP contribution in [0, 0.1) is 12.7 Å². The zero-order valence-corrected chi connectivity index (χ0v) is 8.09. The summed E-state index contributed by atoms with van der Waals surface area (Å²) in [7, 11) is 0. The fraction of sp³-hybridized carbons (Fsp3) is 0.143. The third-order valence-electron chi connectivity index (χ3n) is 0.543. The van der Waals surface area contributed by atoms with Gasteiger partial charge in [-0.15, -0.1) is 0 Å². The van der Waals surface area contributed by atoms with Gasteiger partial charge in [0.05, 0.1) is 0 Å². The van der Waals surface area contributed by atoms with Gasteiger partial charge in [-0.2, -0.15) is 12.2 Å². The molecule has 9 heavy (non-hydrogen) atoms. The maximum atomic E-state index is 5.13. The Balaban J connectivity index is 0. The van der Waals surface area contributed by atoms with E-state index in [-0.39, 0.29) is 32.7 Å². The van der Waals surface area contributed by atoms with E-state index in [1.54, 1.807) is 18.2 Å². The second-order valence-electron chi connectivity index (χ2n) is 1.16. The van der Waals surface area contributed by atoms with Crippen LogP contribution in [0.3, 0.4) is 0 Å². The zero-order valence-electron chi connectivity index (χ0n) is 5.25. The van der Waals surface area contributed by atoms with Crippen molar-refractivity contribution in [2.45, 2.75) is 0 Å². The van der Waals surface area contributed by atoms with Crippen LogP contribution in [0.1, 0.15) is 0 Å². The van der Waals surface area contributed by atoms with Crippen molar-refractivity contribution in [1.82, 2.24) is 0 Å². The number of nitrogens with two attached hydrogens (primary N) is 1. The first-order chi connectivity index (χ1) is 3.91. The molecule has 47 valence electrons. The molecule has 0 bridgehead atoms. The molecular formula is C7H9NY-2. The summed E-state index contributed by atoms with van der Waals surface area (Å²) in [5.41, 5.74) is 5.13. The molecular weight excluding hydrogens is 187 g/mol. The van der Waals surface area contributed by atoms with Crippen LogP contribution in [-0.2, 0) is 32.7 Å². The molecule has 0 saturated heterocycles. The molecule has 0 aromatic rings. The predicted octanol–water partition coefficient (Wildman–Crippen LogP) is 0.847. The first-order valence-electron chi connectivity index (χ1n) is 2.39. The molecule has 0 unspecified atom stereocenters. The van der Waals surface area contributed by atoms with Crippen LogP contribution in [0.15, 0.2) is 24.3 Å². The Labute approximate surface area is 81.6 Å². The largest absolute Gasteiger partial charge is 0.361 e. The molecule has 0 spiro atoms. The van der Waals surface area contributed by atoms with E-state index in [2.05, 4.69) is 6.08 Å². The van der Waals surface area contributed by atoms with E-state index in [0.29, 0.717) is 6.54 Å². The number of hydrogen-bond acceptors (Lipinski definition) is 1. The quantitative estimate of drug-likeness (QED) is 0.525. The van der Waals surface area contributed by atoms with E-state index in [4.69, 9.17) is 12.3 Å². The van der Waals surface area contributed by atoms with Crippen LogP contribution in [0.5, 0.6) is 0 Å². The van der Waals surface area contributed by atoms with Crippen molar-refractivity contribution in [3.8, 4) is 0 Å². The monoisotopic (exact) mass is 196 g/mol. The van der Waals surface area contributed by atoms with Gasteiger partial charge in [-0.3, -0.25) is 6.08 Å². The van der Waals surface area contributed by atoms with Gasteiger partial charge in [0, 0.05) is 32.7 Å². The molecule has 0 fully saturated rings. The van der Waals surface area contributed by atoms with Crippen LogP contribution in [-0.4, -0.2) is 6.54 Å². The first-order valence-corrected chi connectivity index (χ1v) is 2.39. The molecule has 0 aromatic heterocycles. The molecule has 1 nitrogen and oxygen atoms in total. The topological polar surface area (TPSA) is 26.0 Å². The van der Waals surface area contributed by atoms with E-state index >= 15 is 0 Å². The maximum absolute atomic E-state index is 5.13. The molecule has 2 N–H and O–H groups in total. The third kappa shape index (κ3) is 11.7. The Morgan fingerprint density at radius 1 is 1.56 bits per heavy atom. The van der Waals surface area contributed by atoms with Crippen molar-refractivity contribution < 1.29 is 32.7 Å². The van der Waals surface area contributed by atoms with Crippen molar-refractivity contribution in [1.29, 1.82) is 0 Å². The third-order valence-corrected chi connectivity index (χ3v) is 0.543. The molecule has 0 aliphatic heterocycles. The summed E-state index contributed by atoms with van der Waals surface area (Å²) in [5, 5.41) is 0. The minimum atomic E-state index is 0. The summed E-state index contributed by atoms with van der Waals surface area (Å²) < 4.78 is 0. The van der Waals surface area contributed by atoms with Gasteiger partial charge < -0.3 is 24.5 Å². The van der Waals surface area contributed by atoms with Gasteiger partial charge in [0.2, 0.25) is 0 Å². The van der Waals surface area contributed by atoms with Crippen LogP contribution >= 0.6 is 0 Å². The van der Waals surface area contributed by atoms with Crippen LogP contribution in [0.2, 0.25) is 0 Å². The molecule has 0 heterocycles. The average Bonchev–Trinajstić information content (AvgIpc) is 1.81. The van der Waals surface area contributed by atoms with Gasteiger partial charge in [0.25, 0.3) is 0 Å². The van der Waals surface area contributed by atoms with Gasteiger partial charge in [0.1, 0.15) is 0 Å². The standard InChI is InChI=1S/C7H9N.Y/c1-2-3-4-5-6-7-8;/h1-3,5-6H,7-8H2;/q-2;/b6-5+;. The number of rotatable bonds is 3. The number of hydrogen-bond donors (Lipinski definition) is 1. The van der Waals surface area contributed by atoms with E-state index in [9.17, 15) is 0 Å². The Bertz CT molecular complexity index is 105. The van der Waals surface area contributed by atoms with Crippen molar-refractivity contribution in [3.05, 3.63) is 37.0 Å². The van der Waals surface area contributed by atoms with Crippen molar-refractivity contribution >= 4 is 0 Å². The summed E-state index contributed by atoms with van der Waals surface area (Å²) in [4.78, 5) is 0. The SMILES string of the molecule is [CH-]=CC=[C-]/C=C/CN.[Y]. The second kappa shape index (κ2) is 11.1. The molecule has 0 saturated carbocycles. The van der Waals surface area contributed by atoms with Crippen LogP contribution in [0.25, 0.3) is 0 Å². The fourth-order valence-electron chi connectivity index (χ4n) is 0.247. The molecule has 1 radical (unpaired) electrons. The Hall–Kier alpha value is 0.284. The van der Waals surface area contributed by atoms with Crippen LogP contribution in [0.4, 0.5) is 0 Å². The zero-order chi connectivity index (χ0) is 6.24. The van der Waals surface area contributed by atoms with E-state index in [1.807, 2.05) is 0 Å². The van der Waals surface area contributed by atoms with Crippen molar-refractivity contribution in [3.63, 3.8) is 0 Å². The summed E-state index contributed by atoms with van der Waals surface area (Å²) in [5.74, 6) is 0. The molecule has 2 heteroatoms. The summed E-state index contributed by atoms with van der Waals surface area (Å²) in [6.45, 7) is 5.55. The summed E-state index contributed by atoms with van der Waals surface area (Å²) in [6, 6.07) is 0. The predicted molar refractivity (Wildman–Crippen MR) is 34.9 cm³/mol. The first kappa shape index (κ1) is 12.0. The minimum absolute atomic E-state index is 0. The summed E-state index contributed by atoms with van der Waals surface area (Å²) in [6.07, 6.45) is 9.32. The maximum Gasteiger partial charge on any atom is 0 e. The molecule has 0 atom stereocenters. The van der Waals surface area contributed by atoms with E-state index in [1.165, 1.54) is 6.08 Å². The second-order valence-corrected chi connectivity index (χ2v) is 1.16. The molecule has 0 rings (SSSR count). The summed E-state index contributed by atoms with van der Waals surface area (Å²) >= 11 is 0. The van der Waals surface area contributed by atoms with E-state index in [0.717, 1.165) is 0 Å².